The van der Waals surface area contributed by atoms with Crippen LogP contribution >= 0.6 is 0 Å². The van der Waals surface area contributed by atoms with Gasteiger partial charge >= 0.3 is 0 Å². The summed E-state index contributed by atoms with van der Waals surface area (Å²) in [5, 5.41) is 14.1. The van der Waals surface area contributed by atoms with Gasteiger partial charge in [0.05, 0.1) is 29.7 Å². The molecule has 2 N–H and O–H groups in total. The van der Waals surface area contributed by atoms with Crippen LogP contribution in [0.3, 0.4) is 0 Å². The first-order valence-corrected chi connectivity index (χ1v) is 7.41. The fraction of sp³-hybridized carbons (Fsp3) is 0. The van der Waals surface area contributed by atoms with Crippen molar-refractivity contribution in [3.63, 3.8) is 0 Å². The van der Waals surface area contributed by atoms with Crippen LogP contribution in [-0.4, -0.2) is 15.9 Å². The molecule has 0 aliphatic rings. The lowest BCUT2D eigenvalue weighted by Crippen LogP contribution is -2.14. The molecule has 1 aromatic heterocycles. The second-order valence-corrected chi connectivity index (χ2v) is 5.18. The molecular formula is C18H11F2N5O. The second kappa shape index (κ2) is 7.36. The van der Waals surface area contributed by atoms with Gasteiger partial charge in [0.2, 0.25) is 0 Å². The van der Waals surface area contributed by atoms with Crippen LogP contribution in [0.2, 0.25) is 0 Å². The van der Waals surface area contributed by atoms with E-state index in [1.807, 2.05) is 6.07 Å². The van der Waals surface area contributed by atoms with Gasteiger partial charge in [0, 0.05) is 11.8 Å². The Bertz CT molecular complexity index is 999. The zero-order valence-electron chi connectivity index (χ0n) is 13.2. The number of rotatable bonds is 4. The topological polar surface area (TPSA) is 90.7 Å². The lowest BCUT2D eigenvalue weighted by Gasteiger charge is -2.08. The molecule has 8 heteroatoms. The van der Waals surface area contributed by atoms with E-state index < -0.39 is 17.5 Å². The summed E-state index contributed by atoms with van der Waals surface area (Å²) < 4.78 is 26.5. The summed E-state index contributed by atoms with van der Waals surface area (Å²) in [6.45, 7) is 0. The largest absolute Gasteiger partial charge is 0.337 e. The molecule has 0 saturated carbocycles. The smallest absolute Gasteiger partial charge is 0.275 e. The van der Waals surface area contributed by atoms with Crippen LogP contribution < -0.4 is 10.6 Å². The van der Waals surface area contributed by atoms with E-state index in [9.17, 15) is 13.6 Å². The van der Waals surface area contributed by atoms with Gasteiger partial charge in [-0.15, -0.1) is 0 Å². The van der Waals surface area contributed by atoms with Crippen molar-refractivity contribution < 1.29 is 13.6 Å². The van der Waals surface area contributed by atoms with Crippen molar-refractivity contribution in [3.05, 3.63) is 77.8 Å². The Labute approximate surface area is 147 Å². The number of halogens is 2. The summed E-state index contributed by atoms with van der Waals surface area (Å²) in [6.07, 6.45) is 2.47. The lowest BCUT2D eigenvalue weighted by molar-refractivity contribution is 0.102. The summed E-state index contributed by atoms with van der Waals surface area (Å²) >= 11 is 0. The van der Waals surface area contributed by atoms with Crippen LogP contribution in [0.4, 0.5) is 26.0 Å². The van der Waals surface area contributed by atoms with E-state index in [0.717, 1.165) is 12.1 Å². The number of nitrogens with zero attached hydrogens (tertiary/aromatic N) is 3. The van der Waals surface area contributed by atoms with E-state index in [1.165, 1.54) is 24.5 Å². The summed E-state index contributed by atoms with van der Waals surface area (Å²) in [5.74, 6) is -1.77. The monoisotopic (exact) mass is 351 g/mol. The molecule has 0 radical (unpaired) electrons. The van der Waals surface area contributed by atoms with E-state index in [1.54, 1.807) is 18.2 Å². The first-order chi connectivity index (χ1) is 12.5. The highest BCUT2D eigenvalue weighted by Gasteiger charge is 2.10. The van der Waals surface area contributed by atoms with E-state index >= 15 is 0 Å². The molecule has 3 rings (SSSR count). The van der Waals surface area contributed by atoms with E-state index in [2.05, 4.69) is 20.6 Å². The van der Waals surface area contributed by atoms with Gasteiger partial charge < -0.3 is 10.6 Å². The average Bonchev–Trinajstić information content (AvgIpc) is 2.64. The van der Waals surface area contributed by atoms with E-state index in [-0.39, 0.29) is 17.2 Å². The van der Waals surface area contributed by atoms with Crippen molar-refractivity contribution >= 4 is 23.1 Å². The molecule has 0 unspecified atom stereocenters. The average molecular weight is 351 g/mol. The Morgan fingerprint density at radius 2 is 1.92 bits per heavy atom. The molecule has 6 nitrogen and oxygen atoms in total. The molecular weight excluding hydrogens is 340 g/mol. The predicted octanol–water partition coefficient (Wildman–Crippen LogP) is 3.62. The number of hydrogen-bond donors (Lipinski definition) is 2. The fourth-order valence-corrected chi connectivity index (χ4v) is 2.10. The molecule has 3 aromatic rings. The van der Waals surface area contributed by atoms with Crippen molar-refractivity contribution in [2.75, 3.05) is 10.6 Å². The van der Waals surface area contributed by atoms with Crippen LogP contribution in [0.15, 0.2) is 54.9 Å². The maximum Gasteiger partial charge on any atom is 0.275 e. The van der Waals surface area contributed by atoms with Gasteiger partial charge in [-0.2, -0.15) is 5.26 Å². The van der Waals surface area contributed by atoms with Crippen molar-refractivity contribution in [1.82, 2.24) is 9.97 Å². The summed E-state index contributed by atoms with van der Waals surface area (Å²) in [5.41, 5.74) is 0.935. The molecule has 0 fully saturated rings. The Balaban J connectivity index is 1.70. The van der Waals surface area contributed by atoms with E-state index in [0.29, 0.717) is 11.3 Å². The van der Waals surface area contributed by atoms with Gasteiger partial charge in [0.25, 0.3) is 5.91 Å². The van der Waals surface area contributed by atoms with Crippen molar-refractivity contribution in [2.45, 2.75) is 0 Å². The number of nitriles is 1. The Kier molecular flexibility index (Phi) is 4.80. The highest BCUT2D eigenvalue weighted by molar-refractivity contribution is 6.02. The maximum absolute atomic E-state index is 13.6. The molecule has 0 aliphatic heterocycles. The van der Waals surface area contributed by atoms with Crippen molar-refractivity contribution in [1.29, 1.82) is 5.26 Å². The number of hydrogen-bond acceptors (Lipinski definition) is 5. The minimum absolute atomic E-state index is 0.0335. The quantitative estimate of drug-likeness (QED) is 0.749. The minimum atomic E-state index is -0.772. The third-order valence-electron chi connectivity index (χ3n) is 3.33. The molecule has 1 amide bonds. The number of carbonyl (C=O) groups is 1. The highest BCUT2D eigenvalue weighted by Crippen LogP contribution is 2.19. The first-order valence-electron chi connectivity index (χ1n) is 7.41. The van der Waals surface area contributed by atoms with Crippen LogP contribution in [0.5, 0.6) is 0 Å². The van der Waals surface area contributed by atoms with Crippen LogP contribution in [0, 0.1) is 23.0 Å². The zero-order chi connectivity index (χ0) is 18.5. The zero-order valence-corrected chi connectivity index (χ0v) is 13.2. The third kappa shape index (κ3) is 3.96. The fourth-order valence-electron chi connectivity index (χ4n) is 2.10. The Morgan fingerprint density at radius 1 is 1.08 bits per heavy atom. The normalized spacial score (nSPS) is 10.0. The van der Waals surface area contributed by atoms with Gasteiger partial charge in [-0.05, 0) is 30.3 Å². The highest BCUT2D eigenvalue weighted by atomic mass is 19.1. The van der Waals surface area contributed by atoms with E-state index in [4.69, 9.17) is 5.26 Å². The van der Waals surface area contributed by atoms with Gasteiger partial charge in [0.1, 0.15) is 23.1 Å². The Hall–Kier alpha value is -3.86. The van der Waals surface area contributed by atoms with Gasteiger partial charge in [-0.1, -0.05) is 6.07 Å². The molecule has 0 saturated heterocycles. The number of aromatic nitrogens is 2. The van der Waals surface area contributed by atoms with Crippen LogP contribution in [0.1, 0.15) is 16.1 Å². The van der Waals surface area contributed by atoms with Gasteiger partial charge in [-0.25, -0.2) is 18.7 Å². The summed E-state index contributed by atoms with van der Waals surface area (Å²) in [7, 11) is 0. The van der Waals surface area contributed by atoms with Crippen LogP contribution in [0.25, 0.3) is 0 Å². The molecule has 128 valence electrons. The summed E-state index contributed by atoms with van der Waals surface area (Å²) in [4.78, 5) is 20.1. The lowest BCUT2D eigenvalue weighted by atomic mass is 10.2. The third-order valence-corrected chi connectivity index (χ3v) is 3.33. The van der Waals surface area contributed by atoms with Crippen molar-refractivity contribution in [3.8, 4) is 6.07 Å². The first kappa shape index (κ1) is 17.0. The number of amides is 1. The second-order valence-electron chi connectivity index (χ2n) is 5.18. The number of benzene rings is 2. The molecule has 0 atom stereocenters. The predicted molar refractivity (Wildman–Crippen MR) is 90.8 cm³/mol. The molecule has 2 aromatic carbocycles. The molecule has 26 heavy (non-hydrogen) atoms. The minimum Gasteiger partial charge on any atom is -0.337 e. The standard InChI is InChI=1S/C18H11F2N5O/c19-12-4-5-15(14(20)7-12)25-17-10-22-16(9-23-17)18(26)24-13-3-1-2-11(6-13)8-21/h1-7,9-10H,(H,23,25)(H,24,26). The number of anilines is 3. The van der Waals surface area contributed by atoms with Gasteiger partial charge in [0.15, 0.2) is 0 Å². The SMILES string of the molecule is N#Cc1cccc(NC(=O)c2cnc(Nc3ccc(F)cc3F)cn2)c1. The van der Waals surface area contributed by atoms with Crippen molar-refractivity contribution in [2.24, 2.45) is 0 Å². The maximum atomic E-state index is 13.6. The van der Waals surface area contributed by atoms with Gasteiger partial charge in [-0.3, -0.25) is 4.79 Å². The number of carbonyl (C=O) groups excluding carboxylic acids is 1. The van der Waals surface area contributed by atoms with Crippen LogP contribution in [-0.2, 0) is 0 Å². The molecule has 0 bridgehead atoms. The molecule has 0 aliphatic carbocycles. The summed E-state index contributed by atoms with van der Waals surface area (Å²) in [6, 6.07) is 11.5. The Morgan fingerprint density at radius 3 is 2.62 bits per heavy atom. The molecule has 0 spiro atoms. The number of nitrogens with one attached hydrogen (secondary N) is 2. The molecule has 1 heterocycles.